The Balaban J connectivity index is 1.65. The lowest BCUT2D eigenvalue weighted by molar-refractivity contribution is 0.404. The van der Waals surface area contributed by atoms with Gasteiger partial charge in [0.15, 0.2) is 5.11 Å². The zero-order chi connectivity index (χ0) is 23.8. The van der Waals surface area contributed by atoms with Crippen molar-refractivity contribution in [1.82, 2.24) is 15.5 Å². The minimum Gasteiger partial charge on any atom is -0.351 e. The van der Waals surface area contributed by atoms with E-state index < -0.39 is 0 Å². The van der Waals surface area contributed by atoms with Crippen molar-refractivity contribution in [3.05, 3.63) is 106 Å². The number of nitrogens with zero attached hydrogens (tertiary/aromatic N) is 3. The average molecular weight is 491 g/mol. The number of aromatic nitrogens is 2. The van der Waals surface area contributed by atoms with E-state index in [9.17, 15) is 4.39 Å². The van der Waals surface area contributed by atoms with Gasteiger partial charge in [-0.05, 0) is 79.7 Å². The van der Waals surface area contributed by atoms with E-state index >= 15 is 0 Å². The highest BCUT2D eigenvalue weighted by Crippen LogP contribution is 2.39. The number of benzene rings is 3. The third-order valence-electron chi connectivity index (χ3n) is 5.78. The summed E-state index contributed by atoms with van der Waals surface area (Å²) in [5.74, 6) is 0.555. The van der Waals surface area contributed by atoms with Gasteiger partial charge in [-0.2, -0.15) is 4.98 Å². The molecule has 1 N–H and O–H groups in total. The van der Waals surface area contributed by atoms with Crippen LogP contribution in [0.25, 0.3) is 17.0 Å². The van der Waals surface area contributed by atoms with Crippen molar-refractivity contribution in [2.24, 2.45) is 0 Å². The van der Waals surface area contributed by atoms with Crippen LogP contribution in [0.2, 0.25) is 5.02 Å². The number of thiocarbonyl (C=S) groups is 1. The fourth-order valence-corrected chi connectivity index (χ4v) is 4.53. The summed E-state index contributed by atoms with van der Waals surface area (Å²) < 4.78 is 19.7. The Morgan fingerprint density at radius 1 is 1.03 bits per heavy atom. The molecule has 3 aromatic carbocycles. The molecule has 0 aliphatic carbocycles. The van der Waals surface area contributed by atoms with Crippen molar-refractivity contribution in [3.8, 4) is 11.4 Å². The molecule has 0 bridgehead atoms. The minimum atomic E-state index is -0.301. The topological polar surface area (TPSA) is 54.2 Å². The van der Waals surface area contributed by atoms with Gasteiger partial charge in [-0.15, -0.1) is 0 Å². The van der Waals surface area contributed by atoms with E-state index in [1.54, 1.807) is 31.2 Å². The van der Waals surface area contributed by atoms with Crippen LogP contribution in [0.4, 0.5) is 10.1 Å². The van der Waals surface area contributed by atoms with Crippen molar-refractivity contribution in [1.29, 1.82) is 0 Å². The number of anilines is 1. The van der Waals surface area contributed by atoms with Crippen molar-refractivity contribution in [2.45, 2.75) is 19.9 Å². The van der Waals surface area contributed by atoms with E-state index in [0.717, 1.165) is 28.1 Å². The van der Waals surface area contributed by atoms with Crippen LogP contribution >= 0.6 is 23.8 Å². The Labute approximate surface area is 206 Å². The molecule has 170 valence electrons. The third kappa shape index (κ3) is 4.08. The highest BCUT2D eigenvalue weighted by atomic mass is 35.5. The van der Waals surface area contributed by atoms with E-state index in [4.69, 9.17) is 33.3 Å². The molecule has 34 heavy (non-hydrogen) atoms. The van der Waals surface area contributed by atoms with Crippen LogP contribution in [-0.4, -0.2) is 15.3 Å². The average Bonchev–Trinajstić information content (AvgIpc) is 3.31. The Bertz CT molecular complexity index is 1400. The molecule has 0 saturated carbocycles. The summed E-state index contributed by atoms with van der Waals surface area (Å²) in [6.07, 6.45) is 0. The Hall–Kier alpha value is -3.55. The quantitative estimate of drug-likeness (QED) is 0.321. The third-order valence-corrected chi connectivity index (χ3v) is 6.33. The van der Waals surface area contributed by atoms with Gasteiger partial charge in [0.05, 0.1) is 11.6 Å². The summed E-state index contributed by atoms with van der Waals surface area (Å²) in [4.78, 5) is 6.56. The number of aryl methyl sites for hydroxylation is 1. The summed E-state index contributed by atoms with van der Waals surface area (Å²) in [6.45, 7) is 3.67. The molecule has 5 rings (SSSR count). The maximum absolute atomic E-state index is 14.0. The number of allylic oxidation sites excluding steroid dienone is 1. The molecular formula is C26H20ClFN4OS. The van der Waals surface area contributed by atoms with Crippen LogP contribution < -0.4 is 10.2 Å². The van der Waals surface area contributed by atoms with Gasteiger partial charge in [-0.1, -0.05) is 47.1 Å². The van der Waals surface area contributed by atoms with E-state index in [1.165, 1.54) is 6.07 Å². The van der Waals surface area contributed by atoms with Gasteiger partial charge in [-0.3, -0.25) is 4.90 Å². The number of halogens is 2. The lowest BCUT2D eigenvalue weighted by atomic mass is 9.94. The van der Waals surface area contributed by atoms with E-state index in [2.05, 4.69) is 10.5 Å². The first kappa shape index (κ1) is 22.3. The predicted octanol–water partition coefficient (Wildman–Crippen LogP) is 6.70. The number of rotatable bonds is 4. The molecule has 0 fully saturated rings. The first-order chi connectivity index (χ1) is 16.4. The maximum Gasteiger partial charge on any atom is 0.258 e. The number of hydrogen-bond acceptors (Lipinski definition) is 4. The zero-order valence-electron chi connectivity index (χ0n) is 18.4. The predicted molar refractivity (Wildman–Crippen MR) is 136 cm³/mol. The maximum atomic E-state index is 14.0. The van der Waals surface area contributed by atoms with Gasteiger partial charge in [-0.25, -0.2) is 4.39 Å². The lowest BCUT2D eigenvalue weighted by Gasteiger charge is -2.37. The van der Waals surface area contributed by atoms with Crippen LogP contribution in [0, 0.1) is 12.7 Å². The molecular weight excluding hydrogens is 471 g/mol. The second-order valence-electron chi connectivity index (χ2n) is 7.99. The Kier molecular flexibility index (Phi) is 5.89. The molecule has 0 spiro atoms. The van der Waals surface area contributed by atoms with Crippen LogP contribution in [0.5, 0.6) is 0 Å². The molecule has 5 nitrogen and oxygen atoms in total. The smallest absolute Gasteiger partial charge is 0.258 e. The first-order valence-electron chi connectivity index (χ1n) is 10.6. The van der Waals surface area contributed by atoms with Gasteiger partial charge in [0.25, 0.3) is 5.89 Å². The first-order valence-corrected chi connectivity index (χ1v) is 11.4. The van der Waals surface area contributed by atoms with E-state index in [0.29, 0.717) is 27.4 Å². The summed E-state index contributed by atoms with van der Waals surface area (Å²) >= 11 is 11.8. The number of hydrogen-bond donors (Lipinski definition) is 1. The normalized spacial score (nSPS) is 16.1. The SMILES string of the molecule is CC1=C(c2nc(-c3ccc(Cl)cc3)no2)C(c2ccccc2)NC(=S)N1c1ccc(F)c(C)c1. The molecule has 2 heterocycles. The van der Waals surface area contributed by atoms with E-state index in [1.807, 2.05) is 54.3 Å². The van der Waals surface area contributed by atoms with Gasteiger partial charge < -0.3 is 9.84 Å². The molecule has 0 saturated heterocycles. The summed E-state index contributed by atoms with van der Waals surface area (Å²) in [7, 11) is 0. The largest absolute Gasteiger partial charge is 0.351 e. The number of nitrogens with one attached hydrogen (secondary N) is 1. The summed E-state index contributed by atoms with van der Waals surface area (Å²) in [5.41, 5.74) is 4.67. The standard InChI is InChI=1S/C26H20ClFN4OS/c1-15-14-20(12-13-21(15)28)32-16(2)22(23(29-26(32)34)17-6-4-3-5-7-17)25-30-24(31-33-25)18-8-10-19(27)11-9-18/h3-14,23H,1-2H3,(H,29,34). The fourth-order valence-electron chi connectivity index (χ4n) is 4.04. The van der Waals surface area contributed by atoms with Crippen LogP contribution in [0.1, 0.15) is 30.0 Å². The van der Waals surface area contributed by atoms with Gasteiger partial charge in [0, 0.05) is 22.0 Å². The monoisotopic (exact) mass is 490 g/mol. The van der Waals surface area contributed by atoms with Crippen molar-refractivity contribution < 1.29 is 8.91 Å². The lowest BCUT2D eigenvalue weighted by Crippen LogP contribution is -2.46. The minimum absolute atomic E-state index is 0.270. The van der Waals surface area contributed by atoms with Gasteiger partial charge in [0.2, 0.25) is 5.82 Å². The molecule has 0 amide bonds. The van der Waals surface area contributed by atoms with Gasteiger partial charge in [0.1, 0.15) is 5.82 Å². The fraction of sp³-hybridized carbons (Fsp3) is 0.115. The molecule has 0 radical (unpaired) electrons. The van der Waals surface area contributed by atoms with Crippen LogP contribution in [0.3, 0.4) is 0 Å². The Morgan fingerprint density at radius 3 is 2.47 bits per heavy atom. The molecule has 1 aliphatic heterocycles. The molecule has 1 aliphatic rings. The van der Waals surface area contributed by atoms with Crippen molar-refractivity contribution in [2.75, 3.05) is 4.90 Å². The second-order valence-corrected chi connectivity index (χ2v) is 8.81. The highest BCUT2D eigenvalue weighted by Gasteiger charge is 2.34. The highest BCUT2D eigenvalue weighted by molar-refractivity contribution is 7.80. The Morgan fingerprint density at radius 2 is 1.76 bits per heavy atom. The molecule has 1 atom stereocenters. The van der Waals surface area contributed by atoms with Crippen LogP contribution in [-0.2, 0) is 0 Å². The molecule has 1 aromatic heterocycles. The van der Waals surface area contributed by atoms with E-state index in [-0.39, 0.29) is 11.9 Å². The van der Waals surface area contributed by atoms with Crippen molar-refractivity contribution >= 4 is 40.2 Å². The summed E-state index contributed by atoms with van der Waals surface area (Å²) in [6, 6.07) is 21.8. The molecule has 8 heteroatoms. The molecule has 4 aromatic rings. The van der Waals surface area contributed by atoms with Crippen LogP contribution in [0.15, 0.2) is 83.0 Å². The second kappa shape index (κ2) is 9.00. The summed E-state index contributed by atoms with van der Waals surface area (Å²) in [5, 5.41) is 8.74. The zero-order valence-corrected chi connectivity index (χ0v) is 20.0. The molecule has 1 unspecified atom stereocenters. The van der Waals surface area contributed by atoms with Gasteiger partial charge >= 0.3 is 0 Å². The van der Waals surface area contributed by atoms with Crippen molar-refractivity contribution in [3.63, 3.8) is 0 Å².